The molecule has 0 aliphatic carbocycles. The van der Waals surface area contributed by atoms with E-state index in [1.807, 2.05) is 43.3 Å². The van der Waals surface area contributed by atoms with Crippen molar-refractivity contribution in [2.24, 2.45) is 0 Å². The van der Waals surface area contributed by atoms with E-state index in [1.54, 1.807) is 36.4 Å². The lowest BCUT2D eigenvalue weighted by Gasteiger charge is -2.23. The first kappa shape index (κ1) is 22.8. The van der Waals surface area contributed by atoms with Gasteiger partial charge < -0.3 is 10.1 Å². The van der Waals surface area contributed by atoms with Gasteiger partial charge in [0.25, 0.3) is 5.91 Å². The van der Waals surface area contributed by atoms with Gasteiger partial charge in [0.2, 0.25) is 10.0 Å². The molecule has 0 saturated carbocycles. The topological polar surface area (TPSA) is 75.7 Å². The van der Waals surface area contributed by atoms with Crippen LogP contribution in [0.5, 0.6) is 5.75 Å². The number of rotatable bonds is 8. The molecular weight excluding hydrogens is 480 g/mol. The van der Waals surface area contributed by atoms with E-state index < -0.39 is 10.0 Å². The van der Waals surface area contributed by atoms with E-state index in [0.717, 1.165) is 15.6 Å². The molecule has 0 bridgehead atoms. The van der Waals surface area contributed by atoms with Crippen molar-refractivity contribution in [3.63, 3.8) is 0 Å². The third-order valence-corrected chi connectivity index (χ3v) is 6.08. The number of halogens is 1. The SMILES string of the molecule is Cc1ccc(CN(c2ccc(OCC(=O)Nc3cccc(Br)c3)cc2)S(C)(=O)=O)cc1. The van der Waals surface area contributed by atoms with Crippen LogP contribution in [0.25, 0.3) is 0 Å². The summed E-state index contributed by atoms with van der Waals surface area (Å²) in [5.41, 5.74) is 3.19. The van der Waals surface area contributed by atoms with Gasteiger partial charge in [-0.25, -0.2) is 8.42 Å². The van der Waals surface area contributed by atoms with Crippen molar-refractivity contribution in [2.45, 2.75) is 13.5 Å². The second kappa shape index (κ2) is 9.98. The summed E-state index contributed by atoms with van der Waals surface area (Å²) in [6, 6.07) is 21.6. The number of carbonyl (C=O) groups is 1. The van der Waals surface area contributed by atoms with Gasteiger partial charge in [-0.15, -0.1) is 0 Å². The normalized spacial score (nSPS) is 11.1. The molecule has 0 saturated heterocycles. The molecule has 0 spiro atoms. The molecule has 31 heavy (non-hydrogen) atoms. The molecule has 1 amide bonds. The Balaban J connectivity index is 1.64. The molecule has 1 N–H and O–H groups in total. The number of ether oxygens (including phenoxy) is 1. The van der Waals surface area contributed by atoms with Crippen molar-refractivity contribution in [1.82, 2.24) is 0 Å². The maximum atomic E-state index is 12.3. The predicted octanol–water partition coefficient (Wildman–Crippen LogP) is 4.74. The van der Waals surface area contributed by atoms with Crippen LogP contribution < -0.4 is 14.4 Å². The lowest BCUT2D eigenvalue weighted by molar-refractivity contribution is -0.118. The molecule has 0 aliphatic heterocycles. The number of sulfonamides is 1. The average molecular weight is 503 g/mol. The molecule has 3 aromatic rings. The number of hydrogen-bond acceptors (Lipinski definition) is 4. The average Bonchev–Trinajstić information content (AvgIpc) is 2.71. The number of amides is 1. The Labute approximate surface area is 191 Å². The fourth-order valence-corrected chi connectivity index (χ4v) is 4.17. The van der Waals surface area contributed by atoms with E-state index >= 15 is 0 Å². The first-order chi connectivity index (χ1) is 14.7. The highest BCUT2D eigenvalue weighted by molar-refractivity contribution is 9.10. The molecular formula is C23H23BrN2O4S. The van der Waals surface area contributed by atoms with Gasteiger partial charge in [-0.3, -0.25) is 9.10 Å². The molecule has 0 heterocycles. The van der Waals surface area contributed by atoms with Crippen LogP contribution in [-0.4, -0.2) is 27.2 Å². The molecule has 0 fully saturated rings. The maximum absolute atomic E-state index is 12.3. The molecule has 0 radical (unpaired) electrons. The van der Waals surface area contributed by atoms with Crippen molar-refractivity contribution < 1.29 is 17.9 Å². The van der Waals surface area contributed by atoms with Crippen LogP contribution in [0, 0.1) is 6.92 Å². The predicted molar refractivity (Wildman–Crippen MR) is 127 cm³/mol. The number of nitrogens with one attached hydrogen (secondary N) is 1. The number of nitrogens with zero attached hydrogens (tertiary/aromatic N) is 1. The second-order valence-electron chi connectivity index (χ2n) is 7.10. The highest BCUT2D eigenvalue weighted by Crippen LogP contribution is 2.24. The van der Waals surface area contributed by atoms with Gasteiger partial charge in [-0.05, 0) is 55.0 Å². The van der Waals surface area contributed by atoms with Gasteiger partial charge in [0, 0.05) is 10.2 Å². The van der Waals surface area contributed by atoms with Crippen LogP contribution in [0.15, 0.2) is 77.3 Å². The minimum atomic E-state index is -3.48. The number of aryl methyl sites for hydroxylation is 1. The third-order valence-electron chi connectivity index (χ3n) is 4.45. The standard InChI is InChI=1S/C23H23BrN2O4S/c1-17-6-8-18(9-7-17)15-26(31(2,28)29)21-10-12-22(13-11-21)30-16-23(27)25-20-5-3-4-19(24)14-20/h3-14H,15-16H2,1-2H3,(H,25,27). The third kappa shape index (κ3) is 6.83. The van der Waals surface area contributed by atoms with Crippen LogP contribution in [-0.2, 0) is 21.4 Å². The molecule has 3 rings (SSSR count). The Kier molecular flexibility index (Phi) is 7.35. The molecule has 0 atom stereocenters. The van der Waals surface area contributed by atoms with E-state index in [9.17, 15) is 13.2 Å². The Morgan fingerprint density at radius 1 is 1.03 bits per heavy atom. The Bertz CT molecular complexity index is 1150. The summed E-state index contributed by atoms with van der Waals surface area (Å²) >= 11 is 3.35. The number of benzene rings is 3. The van der Waals surface area contributed by atoms with Crippen LogP contribution in [0.4, 0.5) is 11.4 Å². The van der Waals surface area contributed by atoms with E-state index in [0.29, 0.717) is 17.1 Å². The molecule has 6 nitrogen and oxygen atoms in total. The van der Waals surface area contributed by atoms with E-state index in [4.69, 9.17) is 4.74 Å². The fraction of sp³-hybridized carbons (Fsp3) is 0.174. The summed E-state index contributed by atoms with van der Waals surface area (Å²) in [5, 5.41) is 2.75. The first-order valence-electron chi connectivity index (χ1n) is 9.52. The van der Waals surface area contributed by atoms with E-state index in [2.05, 4.69) is 21.2 Å². The van der Waals surface area contributed by atoms with Crippen molar-refractivity contribution in [3.05, 3.63) is 88.4 Å². The summed E-state index contributed by atoms with van der Waals surface area (Å²) in [4.78, 5) is 12.1. The molecule has 3 aromatic carbocycles. The number of anilines is 2. The Hall–Kier alpha value is -2.84. The maximum Gasteiger partial charge on any atom is 0.262 e. The summed E-state index contributed by atoms with van der Waals surface area (Å²) in [7, 11) is -3.48. The molecule has 162 valence electrons. The van der Waals surface area contributed by atoms with Crippen LogP contribution in [0.2, 0.25) is 0 Å². The van der Waals surface area contributed by atoms with E-state index in [1.165, 1.54) is 10.6 Å². The number of carbonyl (C=O) groups excluding carboxylic acids is 1. The smallest absolute Gasteiger partial charge is 0.262 e. The molecule has 0 aromatic heterocycles. The van der Waals surface area contributed by atoms with Crippen molar-refractivity contribution in [1.29, 1.82) is 0 Å². The molecule has 0 unspecified atom stereocenters. The highest BCUT2D eigenvalue weighted by Gasteiger charge is 2.18. The highest BCUT2D eigenvalue weighted by atomic mass is 79.9. The first-order valence-corrected chi connectivity index (χ1v) is 12.2. The van der Waals surface area contributed by atoms with Crippen LogP contribution in [0.1, 0.15) is 11.1 Å². The lowest BCUT2D eigenvalue weighted by Crippen LogP contribution is -2.29. The van der Waals surface area contributed by atoms with Crippen molar-refractivity contribution in [2.75, 3.05) is 22.5 Å². The molecule has 8 heteroatoms. The Morgan fingerprint density at radius 2 is 1.71 bits per heavy atom. The second-order valence-corrected chi connectivity index (χ2v) is 9.92. The Morgan fingerprint density at radius 3 is 2.32 bits per heavy atom. The monoisotopic (exact) mass is 502 g/mol. The van der Waals surface area contributed by atoms with Crippen molar-refractivity contribution in [3.8, 4) is 5.75 Å². The van der Waals surface area contributed by atoms with Crippen molar-refractivity contribution >= 4 is 43.2 Å². The summed E-state index contributed by atoms with van der Waals surface area (Å²) in [5.74, 6) is 0.177. The van der Waals surface area contributed by atoms with Gasteiger partial charge >= 0.3 is 0 Å². The van der Waals surface area contributed by atoms with Gasteiger partial charge in [0.05, 0.1) is 18.5 Å². The zero-order valence-corrected chi connectivity index (χ0v) is 19.6. The molecule has 0 aliphatic rings. The van der Waals surface area contributed by atoms with Crippen LogP contribution in [0.3, 0.4) is 0 Å². The summed E-state index contributed by atoms with van der Waals surface area (Å²) in [6.07, 6.45) is 1.18. The van der Waals surface area contributed by atoms with Gasteiger partial charge in [-0.1, -0.05) is 51.8 Å². The quantitative estimate of drug-likeness (QED) is 0.482. The minimum absolute atomic E-state index is 0.162. The zero-order valence-electron chi connectivity index (χ0n) is 17.2. The minimum Gasteiger partial charge on any atom is -0.484 e. The summed E-state index contributed by atoms with van der Waals surface area (Å²) in [6.45, 7) is 2.05. The van der Waals surface area contributed by atoms with Gasteiger partial charge in [-0.2, -0.15) is 0 Å². The van der Waals surface area contributed by atoms with E-state index in [-0.39, 0.29) is 19.1 Å². The lowest BCUT2D eigenvalue weighted by atomic mass is 10.1. The van der Waals surface area contributed by atoms with Gasteiger partial charge in [0.1, 0.15) is 5.75 Å². The largest absolute Gasteiger partial charge is 0.484 e. The summed E-state index contributed by atoms with van der Waals surface area (Å²) < 4.78 is 32.4. The zero-order chi connectivity index (χ0) is 22.4. The fourth-order valence-electron chi connectivity index (χ4n) is 2.88. The van der Waals surface area contributed by atoms with Crippen LogP contribution >= 0.6 is 15.9 Å². The van der Waals surface area contributed by atoms with Gasteiger partial charge in [0.15, 0.2) is 6.61 Å². The number of hydrogen-bond donors (Lipinski definition) is 1.